The first kappa shape index (κ1) is 12.7. The van der Waals surface area contributed by atoms with Crippen LogP contribution in [0.2, 0.25) is 0 Å². The molecule has 16 heavy (non-hydrogen) atoms. The highest BCUT2D eigenvalue weighted by Crippen LogP contribution is 2.09. The first-order valence-electron chi connectivity index (χ1n) is 4.92. The Labute approximate surface area is 96.2 Å². The van der Waals surface area contributed by atoms with Gasteiger partial charge in [-0.1, -0.05) is 12.1 Å². The van der Waals surface area contributed by atoms with E-state index in [4.69, 9.17) is 5.26 Å². The van der Waals surface area contributed by atoms with Crippen LogP contribution in [0.15, 0.2) is 24.3 Å². The van der Waals surface area contributed by atoms with E-state index >= 15 is 0 Å². The number of sulfonamides is 1. The SMILES string of the molecule is CCS(=O)(=O)N(C)Cc1cccc(C#N)c1. The van der Waals surface area contributed by atoms with Gasteiger partial charge in [-0.25, -0.2) is 12.7 Å². The number of benzene rings is 1. The van der Waals surface area contributed by atoms with E-state index < -0.39 is 10.0 Å². The van der Waals surface area contributed by atoms with Crippen LogP contribution in [0.3, 0.4) is 0 Å². The first-order chi connectivity index (χ1) is 7.49. The Balaban J connectivity index is 2.86. The topological polar surface area (TPSA) is 61.2 Å². The molecule has 0 bridgehead atoms. The molecule has 0 saturated carbocycles. The van der Waals surface area contributed by atoms with Crippen LogP contribution in [0.5, 0.6) is 0 Å². The van der Waals surface area contributed by atoms with Gasteiger partial charge < -0.3 is 0 Å². The first-order valence-corrected chi connectivity index (χ1v) is 6.53. The zero-order chi connectivity index (χ0) is 12.2. The van der Waals surface area contributed by atoms with E-state index in [0.717, 1.165) is 5.56 Å². The smallest absolute Gasteiger partial charge is 0.212 e. The minimum absolute atomic E-state index is 0.0848. The average molecular weight is 238 g/mol. The van der Waals surface area contributed by atoms with Crippen LogP contribution in [0.1, 0.15) is 18.1 Å². The summed E-state index contributed by atoms with van der Waals surface area (Å²) in [4.78, 5) is 0. The largest absolute Gasteiger partial charge is 0.213 e. The van der Waals surface area contributed by atoms with E-state index in [0.29, 0.717) is 12.1 Å². The lowest BCUT2D eigenvalue weighted by atomic mass is 10.1. The van der Waals surface area contributed by atoms with E-state index in [1.807, 2.05) is 12.1 Å². The molecule has 1 rings (SSSR count). The molecule has 1 aromatic rings. The van der Waals surface area contributed by atoms with Crippen molar-refractivity contribution in [3.63, 3.8) is 0 Å². The highest BCUT2D eigenvalue weighted by atomic mass is 32.2. The number of hydrogen-bond donors (Lipinski definition) is 0. The second-order valence-electron chi connectivity index (χ2n) is 3.47. The van der Waals surface area contributed by atoms with Gasteiger partial charge in [0.1, 0.15) is 0 Å². The minimum Gasteiger partial charge on any atom is -0.212 e. The van der Waals surface area contributed by atoms with Crippen LogP contribution < -0.4 is 0 Å². The van der Waals surface area contributed by atoms with Gasteiger partial charge in [-0.2, -0.15) is 5.26 Å². The Morgan fingerprint density at radius 2 is 2.12 bits per heavy atom. The van der Waals surface area contributed by atoms with Crippen molar-refractivity contribution in [2.45, 2.75) is 13.5 Å². The summed E-state index contributed by atoms with van der Waals surface area (Å²) in [6.07, 6.45) is 0. The van der Waals surface area contributed by atoms with E-state index in [-0.39, 0.29) is 5.75 Å². The average Bonchev–Trinajstić information content (AvgIpc) is 2.29. The Bertz CT molecular complexity index is 503. The number of rotatable bonds is 4. The molecule has 0 aliphatic heterocycles. The molecular formula is C11H14N2O2S. The summed E-state index contributed by atoms with van der Waals surface area (Å²) >= 11 is 0. The zero-order valence-electron chi connectivity index (χ0n) is 9.34. The highest BCUT2D eigenvalue weighted by Gasteiger charge is 2.15. The van der Waals surface area contributed by atoms with Gasteiger partial charge >= 0.3 is 0 Å². The molecule has 0 unspecified atom stereocenters. The maximum Gasteiger partial charge on any atom is 0.213 e. The molecule has 0 N–H and O–H groups in total. The van der Waals surface area contributed by atoms with E-state index in [1.54, 1.807) is 25.1 Å². The summed E-state index contributed by atoms with van der Waals surface area (Å²) < 4.78 is 24.3. The second-order valence-corrected chi connectivity index (χ2v) is 5.83. The number of hydrogen-bond acceptors (Lipinski definition) is 3. The fourth-order valence-electron chi connectivity index (χ4n) is 1.32. The monoisotopic (exact) mass is 238 g/mol. The lowest BCUT2D eigenvalue weighted by Gasteiger charge is -2.15. The van der Waals surface area contributed by atoms with Crippen molar-refractivity contribution in [3.05, 3.63) is 35.4 Å². The van der Waals surface area contributed by atoms with Gasteiger partial charge in [0.25, 0.3) is 0 Å². The van der Waals surface area contributed by atoms with Crippen LogP contribution in [0, 0.1) is 11.3 Å². The number of nitrogens with zero attached hydrogens (tertiary/aromatic N) is 2. The molecule has 0 heterocycles. The van der Waals surface area contributed by atoms with E-state index in [9.17, 15) is 8.42 Å². The van der Waals surface area contributed by atoms with Gasteiger partial charge in [0.2, 0.25) is 10.0 Å². The van der Waals surface area contributed by atoms with Crippen LogP contribution >= 0.6 is 0 Å². The Morgan fingerprint density at radius 1 is 1.44 bits per heavy atom. The van der Waals surface area contributed by atoms with E-state index in [2.05, 4.69) is 0 Å². The van der Waals surface area contributed by atoms with Crippen LogP contribution in [0.25, 0.3) is 0 Å². The molecule has 4 nitrogen and oxygen atoms in total. The molecule has 86 valence electrons. The predicted molar refractivity (Wildman–Crippen MR) is 62.1 cm³/mol. The standard InChI is InChI=1S/C11H14N2O2S/c1-3-16(14,15)13(2)9-11-6-4-5-10(7-11)8-12/h4-7H,3,9H2,1-2H3. The highest BCUT2D eigenvalue weighted by molar-refractivity contribution is 7.89. The molecule has 1 aromatic carbocycles. The van der Waals surface area contributed by atoms with Gasteiger partial charge in [-0.3, -0.25) is 0 Å². The van der Waals surface area contributed by atoms with Crippen molar-refractivity contribution >= 4 is 10.0 Å². The van der Waals surface area contributed by atoms with Crippen molar-refractivity contribution in [3.8, 4) is 6.07 Å². The van der Waals surface area contributed by atoms with Crippen molar-refractivity contribution in [2.75, 3.05) is 12.8 Å². The van der Waals surface area contributed by atoms with Crippen molar-refractivity contribution in [2.24, 2.45) is 0 Å². The third-order valence-electron chi connectivity index (χ3n) is 2.30. The van der Waals surface area contributed by atoms with Crippen molar-refractivity contribution < 1.29 is 8.42 Å². The fraction of sp³-hybridized carbons (Fsp3) is 0.364. The second kappa shape index (κ2) is 5.10. The minimum atomic E-state index is -3.17. The maximum absolute atomic E-state index is 11.5. The quantitative estimate of drug-likeness (QED) is 0.795. The van der Waals surface area contributed by atoms with Gasteiger partial charge in [-0.15, -0.1) is 0 Å². The lowest BCUT2D eigenvalue weighted by Crippen LogP contribution is -2.27. The van der Waals surface area contributed by atoms with Gasteiger partial charge in [-0.05, 0) is 24.6 Å². The summed E-state index contributed by atoms with van der Waals surface area (Å²) in [5, 5.41) is 8.72. The molecule has 0 spiro atoms. The molecular weight excluding hydrogens is 224 g/mol. The maximum atomic E-state index is 11.5. The Kier molecular flexibility index (Phi) is 4.05. The van der Waals surface area contributed by atoms with Crippen LogP contribution in [-0.4, -0.2) is 25.5 Å². The molecule has 0 saturated heterocycles. The predicted octanol–water partition coefficient (Wildman–Crippen LogP) is 1.34. The summed E-state index contributed by atoms with van der Waals surface area (Å²) in [6.45, 7) is 1.91. The summed E-state index contributed by atoms with van der Waals surface area (Å²) in [5.74, 6) is 0.0848. The normalized spacial score (nSPS) is 11.4. The van der Waals surface area contributed by atoms with Crippen LogP contribution in [0.4, 0.5) is 0 Å². The summed E-state index contributed by atoms with van der Waals surface area (Å²) in [5.41, 5.74) is 1.36. The Hall–Kier alpha value is -1.38. The van der Waals surface area contributed by atoms with Gasteiger partial charge in [0, 0.05) is 13.6 Å². The molecule has 0 aliphatic carbocycles. The summed E-state index contributed by atoms with van der Waals surface area (Å²) in [7, 11) is -1.63. The molecule has 0 aromatic heterocycles. The lowest BCUT2D eigenvalue weighted by molar-refractivity contribution is 0.468. The molecule has 0 aliphatic rings. The molecule has 5 heteroatoms. The Morgan fingerprint density at radius 3 is 2.69 bits per heavy atom. The molecule has 0 atom stereocenters. The van der Waals surface area contributed by atoms with Crippen molar-refractivity contribution in [1.82, 2.24) is 4.31 Å². The zero-order valence-corrected chi connectivity index (χ0v) is 10.2. The van der Waals surface area contributed by atoms with E-state index in [1.165, 1.54) is 11.4 Å². The molecule has 0 amide bonds. The summed E-state index contributed by atoms with van der Waals surface area (Å²) in [6, 6.07) is 8.97. The fourth-order valence-corrected chi connectivity index (χ4v) is 2.10. The van der Waals surface area contributed by atoms with Gasteiger partial charge in [0.15, 0.2) is 0 Å². The van der Waals surface area contributed by atoms with Gasteiger partial charge in [0.05, 0.1) is 17.4 Å². The third-order valence-corrected chi connectivity index (χ3v) is 4.11. The van der Waals surface area contributed by atoms with Crippen molar-refractivity contribution in [1.29, 1.82) is 5.26 Å². The molecule has 0 fully saturated rings. The molecule has 0 radical (unpaired) electrons. The number of nitriles is 1. The third kappa shape index (κ3) is 3.05. The van der Waals surface area contributed by atoms with Crippen LogP contribution in [-0.2, 0) is 16.6 Å².